The molecule has 3 rings (SSSR count). The third-order valence-corrected chi connectivity index (χ3v) is 6.90. The van der Waals surface area contributed by atoms with E-state index in [0.29, 0.717) is 0 Å². The Labute approximate surface area is 186 Å². The van der Waals surface area contributed by atoms with Gasteiger partial charge >= 0.3 is 0 Å². The first kappa shape index (κ1) is 23.7. The van der Waals surface area contributed by atoms with Crippen LogP contribution in [0.3, 0.4) is 0 Å². The number of fused-ring (bicyclic) bond motifs is 1. The maximum absolute atomic E-state index is 12.5. The van der Waals surface area contributed by atoms with Crippen LogP contribution in [0.15, 0.2) is 70.5 Å². The number of anilines is 1. The highest BCUT2D eigenvalue weighted by atomic mass is 32.2. The Hall–Kier alpha value is -2.99. The number of carbonyl (C=O) groups is 1. The molecule has 170 valence electrons. The molecule has 0 unspecified atom stereocenters. The van der Waals surface area contributed by atoms with Gasteiger partial charge in [0.25, 0.3) is 0 Å². The number of nitrogens with two attached hydrogens (primary N) is 1. The zero-order chi connectivity index (χ0) is 23.4. The molecule has 0 fully saturated rings. The number of benzene rings is 3. The first-order valence-electron chi connectivity index (χ1n) is 9.68. The van der Waals surface area contributed by atoms with Gasteiger partial charge in [-0.1, -0.05) is 30.3 Å². The van der Waals surface area contributed by atoms with E-state index >= 15 is 0 Å². The van der Waals surface area contributed by atoms with E-state index in [-0.39, 0.29) is 40.8 Å². The number of primary sulfonamides is 1. The van der Waals surface area contributed by atoms with Crippen molar-refractivity contribution in [1.82, 2.24) is 4.72 Å². The third-order valence-electron chi connectivity index (χ3n) is 4.51. The molecule has 32 heavy (non-hydrogen) atoms. The van der Waals surface area contributed by atoms with Crippen molar-refractivity contribution in [2.24, 2.45) is 5.14 Å². The standard InChI is InChI=1S/C21H23N3O6S2/c1-2-30-19-10-8-17(14-20(19)31(22,26)27)24-21(25)11-12-23-32(28,29)18-9-7-15-5-3-4-6-16(15)13-18/h3-10,13-14,23H,2,11-12H2,1H3,(H,24,25)(H2,22,26,27). The Kier molecular flexibility index (Phi) is 7.14. The summed E-state index contributed by atoms with van der Waals surface area (Å²) in [5, 5.41) is 9.44. The molecule has 0 spiro atoms. The summed E-state index contributed by atoms with van der Waals surface area (Å²) in [6, 6.07) is 16.2. The lowest BCUT2D eigenvalue weighted by Gasteiger charge is -2.12. The van der Waals surface area contributed by atoms with E-state index in [9.17, 15) is 21.6 Å². The molecule has 3 aromatic rings. The summed E-state index contributed by atoms with van der Waals surface area (Å²) in [4.78, 5) is 12.1. The second kappa shape index (κ2) is 9.65. The molecule has 0 aliphatic rings. The number of ether oxygens (including phenoxy) is 1. The van der Waals surface area contributed by atoms with Crippen LogP contribution < -0.4 is 19.9 Å². The molecule has 0 aliphatic carbocycles. The van der Waals surface area contributed by atoms with Gasteiger partial charge in [0.1, 0.15) is 10.6 Å². The van der Waals surface area contributed by atoms with Crippen molar-refractivity contribution < 1.29 is 26.4 Å². The summed E-state index contributed by atoms with van der Waals surface area (Å²) >= 11 is 0. The number of sulfonamides is 2. The Morgan fingerprint density at radius 2 is 1.69 bits per heavy atom. The van der Waals surface area contributed by atoms with Gasteiger partial charge < -0.3 is 10.1 Å². The van der Waals surface area contributed by atoms with Gasteiger partial charge in [0.2, 0.25) is 26.0 Å². The van der Waals surface area contributed by atoms with Gasteiger partial charge in [-0.05, 0) is 48.0 Å². The summed E-state index contributed by atoms with van der Waals surface area (Å²) in [5.41, 5.74) is 0.194. The van der Waals surface area contributed by atoms with Crippen molar-refractivity contribution in [2.45, 2.75) is 23.1 Å². The van der Waals surface area contributed by atoms with Crippen molar-refractivity contribution >= 4 is 42.4 Å². The van der Waals surface area contributed by atoms with Crippen LogP contribution in [0.25, 0.3) is 10.8 Å². The number of hydrogen-bond acceptors (Lipinski definition) is 6. The lowest BCUT2D eigenvalue weighted by atomic mass is 10.1. The fraction of sp³-hybridized carbons (Fsp3) is 0.190. The van der Waals surface area contributed by atoms with Gasteiger partial charge in [-0.25, -0.2) is 26.7 Å². The molecule has 4 N–H and O–H groups in total. The normalized spacial score (nSPS) is 11.9. The quantitative estimate of drug-likeness (QED) is 0.431. The Morgan fingerprint density at radius 1 is 0.969 bits per heavy atom. The Balaban J connectivity index is 1.63. The summed E-state index contributed by atoms with van der Waals surface area (Å²) in [6.07, 6.45) is -0.162. The minimum absolute atomic E-state index is 0.0798. The highest BCUT2D eigenvalue weighted by Crippen LogP contribution is 2.26. The van der Waals surface area contributed by atoms with Crippen LogP contribution >= 0.6 is 0 Å². The van der Waals surface area contributed by atoms with E-state index in [2.05, 4.69) is 10.0 Å². The number of rotatable bonds is 9. The largest absolute Gasteiger partial charge is 0.492 e. The van der Waals surface area contributed by atoms with Crippen LogP contribution in [-0.4, -0.2) is 35.9 Å². The smallest absolute Gasteiger partial charge is 0.241 e. The molecule has 0 aromatic heterocycles. The third kappa shape index (κ3) is 5.82. The second-order valence-electron chi connectivity index (χ2n) is 6.84. The van der Waals surface area contributed by atoms with E-state index in [1.807, 2.05) is 24.3 Å². The molecular formula is C21H23N3O6S2. The van der Waals surface area contributed by atoms with E-state index in [4.69, 9.17) is 9.88 Å². The maximum Gasteiger partial charge on any atom is 0.241 e. The van der Waals surface area contributed by atoms with Gasteiger partial charge in [0.15, 0.2) is 0 Å². The molecule has 0 bridgehead atoms. The summed E-state index contributed by atoms with van der Waals surface area (Å²) in [6.45, 7) is 1.80. The van der Waals surface area contributed by atoms with Crippen molar-refractivity contribution in [3.8, 4) is 5.75 Å². The highest BCUT2D eigenvalue weighted by molar-refractivity contribution is 7.89. The zero-order valence-corrected chi connectivity index (χ0v) is 18.9. The minimum atomic E-state index is -4.06. The first-order chi connectivity index (χ1) is 15.1. The summed E-state index contributed by atoms with van der Waals surface area (Å²) in [5.74, 6) is -0.424. The Morgan fingerprint density at radius 3 is 2.38 bits per heavy atom. The summed E-state index contributed by atoms with van der Waals surface area (Å²) in [7, 11) is -7.87. The molecule has 0 radical (unpaired) electrons. The SMILES string of the molecule is CCOc1ccc(NC(=O)CCNS(=O)(=O)c2ccc3ccccc3c2)cc1S(N)(=O)=O. The van der Waals surface area contributed by atoms with Gasteiger partial charge in [-0.15, -0.1) is 0 Å². The first-order valence-corrected chi connectivity index (χ1v) is 12.7. The van der Waals surface area contributed by atoms with Crippen molar-refractivity contribution in [2.75, 3.05) is 18.5 Å². The minimum Gasteiger partial charge on any atom is -0.492 e. The number of amides is 1. The van der Waals surface area contributed by atoms with Crippen LogP contribution in [0, 0.1) is 0 Å². The molecule has 0 heterocycles. The monoisotopic (exact) mass is 477 g/mol. The average Bonchev–Trinajstić information content (AvgIpc) is 2.73. The lowest BCUT2D eigenvalue weighted by molar-refractivity contribution is -0.116. The number of nitrogens with one attached hydrogen (secondary N) is 2. The topological polar surface area (TPSA) is 145 Å². The van der Waals surface area contributed by atoms with E-state index < -0.39 is 26.0 Å². The van der Waals surface area contributed by atoms with Crippen molar-refractivity contribution in [3.63, 3.8) is 0 Å². The molecule has 0 aliphatic heterocycles. The fourth-order valence-corrected chi connectivity index (χ4v) is 4.79. The van der Waals surface area contributed by atoms with Gasteiger partial charge in [-0.2, -0.15) is 0 Å². The van der Waals surface area contributed by atoms with Crippen molar-refractivity contribution in [3.05, 3.63) is 60.7 Å². The molecule has 0 saturated heterocycles. The van der Waals surface area contributed by atoms with Crippen LogP contribution in [0.5, 0.6) is 5.75 Å². The Bertz CT molecular complexity index is 1350. The van der Waals surface area contributed by atoms with Crippen LogP contribution in [-0.2, 0) is 24.8 Å². The number of carbonyl (C=O) groups excluding carboxylic acids is 1. The van der Waals surface area contributed by atoms with Gasteiger partial charge in [0, 0.05) is 18.7 Å². The second-order valence-corrected chi connectivity index (χ2v) is 10.1. The fourth-order valence-electron chi connectivity index (χ4n) is 3.02. The molecule has 1 amide bonds. The van der Waals surface area contributed by atoms with Crippen LogP contribution in [0.4, 0.5) is 5.69 Å². The molecule has 0 saturated carbocycles. The molecule has 11 heteroatoms. The molecule has 0 atom stereocenters. The average molecular weight is 478 g/mol. The highest BCUT2D eigenvalue weighted by Gasteiger charge is 2.18. The molecule has 9 nitrogen and oxygen atoms in total. The molecular weight excluding hydrogens is 454 g/mol. The molecule has 3 aromatic carbocycles. The van der Waals surface area contributed by atoms with Crippen LogP contribution in [0.1, 0.15) is 13.3 Å². The number of hydrogen-bond donors (Lipinski definition) is 3. The predicted molar refractivity (Wildman–Crippen MR) is 121 cm³/mol. The lowest BCUT2D eigenvalue weighted by Crippen LogP contribution is -2.28. The van der Waals surface area contributed by atoms with E-state index in [1.165, 1.54) is 24.3 Å². The van der Waals surface area contributed by atoms with Gasteiger partial charge in [-0.3, -0.25) is 4.79 Å². The van der Waals surface area contributed by atoms with E-state index in [1.54, 1.807) is 19.1 Å². The maximum atomic E-state index is 12.5. The van der Waals surface area contributed by atoms with E-state index in [0.717, 1.165) is 10.8 Å². The summed E-state index contributed by atoms with van der Waals surface area (Å²) < 4.78 is 56.3. The van der Waals surface area contributed by atoms with Crippen molar-refractivity contribution in [1.29, 1.82) is 0 Å². The zero-order valence-electron chi connectivity index (χ0n) is 17.2. The predicted octanol–water partition coefficient (Wildman–Crippen LogP) is 2.19. The van der Waals surface area contributed by atoms with Gasteiger partial charge in [0.05, 0.1) is 11.5 Å². The van der Waals surface area contributed by atoms with Crippen LogP contribution in [0.2, 0.25) is 0 Å².